The van der Waals surface area contributed by atoms with Crippen LogP contribution in [0.4, 0.5) is 15.8 Å². The van der Waals surface area contributed by atoms with Gasteiger partial charge in [0.05, 0.1) is 12.8 Å². The molecular formula is C28H30FN5O2. The van der Waals surface area contributed by atoms with Crippen LogP contribution in [0.15, 0.2) is 66.9 Å². The van der Waals surface area contributed by atoms with Crippen molar-refractivity contribution in [2.45, 2.75) is 19.9 Å². The Morgan fingerprint density at radius 2 is 1.56 bits per heavy atom. The second-order valence-electron chi connectivity index (χ2n) is 8.86. The molecule has 1 aliphatic rings. The zero-order valence-corrected chi connectivity index (χ0v) is 20.6. The Hall–Kier alpha value is -4.07. The van der Waals surface area contributed by atoms with Crippen molar-refractivity contribution >= 4 is 22.9 Å². The molecule has 4 aromatic rings. The van der Waals surface area contributed by atoms with Crippen molar-refractivity contribution in [1.82, 2.24) is 14.7 Å². The van der Waals surface area contributed by atoms with E-state index in [1.165, 1.54) is 28.0 Å². The summed E-state index contributed by atoms with van der Waals surface area (Å²) in [5, 5.41) is 2.97. The standard InChI is InChI=1S/C28H30FN5O2/c1-3-25-27(34-19-21(29)6-13-26(34)31-25)28(35)30-18-20-4-7-22(8-5-20)32-14-16-33(17-15-32)23-9-11-24(36-2)12-10-23/h4-13,19H,3,14-18H2,1-2H3,(H,30,35). The molecule has 5 rings (SSSR count). The number of amides is 1. The van der Waals surface area contributed by atoms with E-state index in [1.807, 2.05) is 31.2 Å². The molecule has 2 aromatic heterocycles. The zero-order valence-electron chi connectivity index (χ0n) is 20.6. The molecule has 1 fully saturated rings. The van der Waals surface area contributed by atoms with Crippen molar-refractivity contribution in [3.8, 4) is 5.75 Å². The summed E-state index contributed by atoms with van der Waals surface area (Å²) in [6.45, 7) is 6.09. The first-order valence-corrected chi connectivity index (χ1v) is 12.2. The van der Waals surface area contributed by atoms with E-state index in [2.05, 4.69) is 44.4 Å². The maximum absolute atomic E-state index is 13.8. The molecule has 3 heterocycles. The lowest BCUT2D eigenvalue weighted by molar-refractivity contribution is 0.0944. The molecule has 0 spiro atoms. The summed E-state index contributed by atoms with van der Waals surface area (Å²) < 4.78 is 20.6. The smallest absolute Gasteiger partial charge is 0.270 e. The highest BCUT2D eigenvalue weighted by atomic mass is 19.1. The van der Waals surface area contributed by atoms with Crippen molar-refractivity contribution in [2.24, 2.45) is 0 Å². The van der Waals surface area contributed by atoms with Crippen LogP contribution in [-0.2, 0) is 13.0 Å². The number of hydrogen-bond donors (Lipinski definition) is 1. The molecule has 0 atom stereocenters. The van der Waals surface area contributed by atoms with Crippen LogP contribution in [0, 0.1) is 5.82 Å². The van der Waals surface area contributed by atoms with E-state index in [0.29, 0.717) is 30.0 Å². The molecule has 186 valence electrons. The van der Waals surface area contributed by atoms with Gasteiger partial charge in [0, 0.05) is 50.3 Å². The van der Waals surface area contributed by atoms with Gasteiger partial charge in [-0.15, -0.1) is 0 Å². The van der Waals surface area contributed by atoms with E-state index in [-0.39, 0.29) is 5.91 Å². The normalized spacial score (nSPS) is 13.8. The number of nitrogens with one attached hydrogen (secondary N) is 1. The second kappa shape index (κ2) is 10.3. The van der Waals surface area contributed by atoms with Crippen LogP contribution in [0.2, 0.25) is 0 Å². The molecule has 0 radical (unpaired) electrons. The van der Waals surface area contributed by atoms with Gasteiger partial charge in [-0.05, 0) is 60.5 Å². The monoisotopic (exact) mass is 487 g/mol. The number of nitrogens with zero attached hydrogens (tertiary/aromatic N) is 4. The van der Waals surface area contributed by atoms with Crippen LogP contribution in [0.1, 0.15) is 28.7 Å². The van der Waals surface area contributed by atoms with E-state index >= 15 is 0 Å². The minimum Gasteiger partial charge on any atom is -0.497 e. The number of carbonyl (C=O) groups excluding carboxylic acids is 1. The molecule has 7 nitrogen and oxygen atoms in total. The Labute approximate surface area is 210 Å². The predicted octanol–water partition coefficient (Wildman–Crippen LogP) is 4.30. The number of imidazole rings is 1. The fraction of sp³-hybridized carbons (Fsp3) is 0.286. The number of rotatable bonds is 7. The maximum Gasteiger partial charge on any atom is 0.270 e. The second-order valence-corrected chi connectivity index (χ2v) is 8.86. The number of benzene rings is 2. The number of carbonyl (C=O) groups is 1. The van der Waals surface area contributed by atoms with Crippen LogP contribution >= 0.6 is 0 Å². The Bertz CT molecular complexity index is 1340. The van der Waals surface area contributed by atoms with Crippen molar-refractivity contribution in [1.29, 1.82) is 0 Å². The SMILES string of the molecule is CCc1nc2ccc(F)cn2c1C(=O)NCc1ccc(N2CCN(c3ccc(OC)cc3)CC2)cc1. The van der Waals surface area contributed by atoms with E-state index in [4.69, 9.17) is 4.74 Å². The number of methoxy groups -OCH3 is 1. The average molecular weight is 488 g/mol. The molecule has 1 N–H and O–H groups in total. The maximum atomic E-state index is 13.8. The lowest BCUT2D eigenvalue weighted by Crippen LogP contribution is -2.46. The third-order valence-electron chi connectivity index (χ3n) is 6.68. The van der Waals surface area contributed by atoms with Gasteiger partial charge in [0.2, 0.25) is 0 Å². The Morgan fingerprint density at radius 3 is 2.14 bits per heavy atom. The third kappa shape index (κ3) is 4.84. The van der Waals surface area contributed by atoms with Crippen LogP contribution in [0.5, 0.6) is 5.75 Å². The summed E-state index contributed by atoms with van der Waals surface area (Å²) in [5.41, 5.74) is 4.99. The number of pyridine rings is 1. The summed E-state index contributed by atoms with van der Waals surface area (Å²) >= 11 is 0. The minimum absolute atomic E-state index is 0.260. The minimum atomic E-state index is -0.406. The molecule has 1 saturated heterocycles. The molecule has 0 aliphatic carbocycles. The first kappa shape index (κ1) is 23.7. The van der Waals surface area contributed by atoms with Gasteiger partial charge in [0.15, 0.2) is 0 Å². The summed E-state index contributed by atoms with van der Waals surface area (Å²) in [6.07, 6.45) is 1.89. The highest BCUT2D eigenvalue weighted by Gasteiger charge is 2.20. The fourth-order valence-electron chi connectivity index (χ4n) is 4.66. The molecule has 0 bridgehead atoms. The van der Waals surface area contributed by atoms with Crippen LogP contribution in [0.3, 0.4) is 0 Å². The summed E-state index contributed by atoms with van der Waals surface area (Å²) in [5.74, 6) is 0.201. The number of anilines is 2. The quantitative estimate of drug-likeness (QED) is 0.421. The fourth-order valence-corrected chi connectivity index (χ4v) is 4.66. The van der Waals surface area contributed by atoms with Gasteiger partial charge >= 0.3 is 0 Å². The van der Waals surface area contributed by atoms with Gasteiger partial charge < -0.3 is 19.9 Å². The number of aromatic nitrogens is 2. The van der Waals surface area contributed by atoms with Gasteiger partial charge in [-0.3, -0.25) is 9.20 Å². The number of hydrogen-bond acceptors (Lipinski definition) is 5. The first-order valence-electron chi connectivity index (χ1n) is 12.2. The molecule has 1 aliphatic heterocycles. The molecule has 36 heavy (non-hydrogen) atoms. The lowest BCUT2D eigenvalue weighted by atomic mass is 10.1. The van der Waals surface area contributed by atoms with E-state index in [9.17, 15) is 9.18 Å². The third-order valence-corrected chi connectivity index (χ3v) is 6.68. The van der Waals surface area contributed by atoms with Crippen LogP contribution in [0.25, 0.3) is 5.65 Å². The number of halogens is 1. The largest absolute Gasteiger partial charge is 0.497 e. The summed E-state index contributed by atoms with van der Waals surface area (Å²) in [7, 11) is 1.68. The Morgan fingerprint density at radius 1 is 0.944 bits per heavy atom. The Kier molecular flexibility index (Phi) is 6.75. The van der Waals surface area contributed by atoms with Crippen molar-refractivity contribution < 1.29 is 13.9 Å². The summed E-state index contributed by atoms with van der Waals surface area (Å²) in [6, 6.07) is 19.4. The van der Waals surface area contributed by atoms with Crippen molar-refractivity contribution in [3.05, 3.63) is 89.6 Å². The molecule has 0 saturated carbocycles. The van der Waals surface area contributed by atoms with Gasteiger partial charge in [-0.25, -0.2) is 9.37 Å². The molecule has 0 unspecified atom stereocenters. The molecule has 2 aromatic carbocycles. The van der Waals surface area contributed by atoms with Crippen molar-refractivity contribution in [3.63, 3.8) is 0 Å². The number of ether oxygens (including phenoxy) is 1. The van der Waals surface area contributed by atoms with Crippen LogP contribution < -0.4 is 19.9 Å². The van der Waals surface area contributed by atoms with Gasteiger partial charge in [-0.1, -0.05) is 19.1 Å². The van der Waals surface area contributed by atoms with Crippen LogP contribution in [-0.4, -0.2) is 48.6 Å². The molecule has 1 amide bonds. The topological polar surface area (TPSA) is 62.1 Å². The Balaban J connectivity index is 1.18. The van der Waals surface area contributed by atoms with Gasteiger partial charge in [-0.2, -0.15) is 0 Å². The van der Waals surface area contributed by atoms with E-state index in [0.717, 1.165) is 37.5 Å². The number of piperazine rings is 1. The average Bonchev–Trinajstić information content (AvgIpc) is 3.30. The van der Waals surface area contributed by atoms with Gasteiger partial charge in [0.25, 0.3) is 5.91 Å². The van der Waals surface area contributed by atoms with Crippen molar-refractivity contribution in [2.75, 3.05) is 43.1 Å². The molecule has 8 heteroatoms. The van der Waals surface area contributed by atoms with E-state index in [1.54, 1.807) is 13.2 Å². The highest BCUT2D eigenvalue weighted by molar-refractivity contribution is 5.94. The summed E-state index contributed by atoms with van der Waals surface area (Å²) in [4.78, 5) is 22.2. The number of aryl methyl sites for hydroxylation is 1. The zero-order chi connectivity index (χ0) is 25.1. The first-order chi connectivity index (χ1) is 17.6. The molecular weight excluding hydrogens is 457 g/mol. The number of fused-ring (bicyclic) bond motifs is 1. The predicted molar refractivity (Wildman–Crippen MR) is 140 cm³/mol. The highest BCUT2D eigenvalue weighted by Crippen LogP contribution is 2.23. The van der Waals surface area contributed by atoms with E-state index < -0.39 is 5.82 Å². The van der Waals surface area contributed by atoms with Gasteiger partial charge in [0.1, 0.15) is 22.9 Å². The lowest BCUT2D eigenvalue weighted by Gasteiger charge is -2.37.